The van der Waals surface area contributed by atoms with Gasteiger partial charge in [0.25, 0.3) is 0 Å². The Kier molecular flexibility index (Phi) is 4.60. The third-order valence-electron chi connectivity index (χ3n) is 4.23. The van der Waals surface area contributed by atoms with E-state index < -0.39 is 0 Å². The molecule has 0 aromatic carbocycles. The minimum Gasteiger partial charge on any atom is -0.392 e. The summed E-state index contributed by atoms with van der Waals surface area (Å²) in [6, 6.07) is 0. The average molecular weight is 213 g/mol. The maximum Gasteiger partial charge on any atom is 0.0631 e. The maximum atomic E-state index is 10.3. The van der Waals surface area contributed by atoms with Gasteiger partial charge in [-0.05, 0) is 24.7 Å². The molecule has 0 bridgehead atoms. The lowest BCUT2D eigenvalue weighted by Gasteiger charge is -2.45. The fourth-order valence-corrected chi connectivity index (χ4v) is 3.15. The molecule has 3 atom stereocenters. The van der Waals surface area contributed by atoms with Gasteiger partial charge in [0.05, 0.1) is 6.10 Å². The normalized spacial score (nSPS) is 34.4. The highest BCUT2D eigenvalue weighted by atomic mass is 16.3. The summed E-state index contributed by atoms with van der Waals surface area (Å²) >= 11 is 0. The lowest BCUT2D eigenvalue weighted by molar-refractivity contribution is -0.0409. The van der Waals surface area contributed by atoms with E-state index in [1.807, 2.05) is 0 Å². The zero-order valence-electron chi connectivity index (χ0n) is 10.5. The molecule has 0 aromatic heterocycles. The van der Waals surface area contributed by atoms with Gasteiger partial charge in [0, 0.05) is 12.0 Å². The molecule has 90 valence electrons. The highest BCUT2D eigenvalue weighted by Crippen LogP contribution is 2.44. The second kappa shape index (κ2) is 5.31. The number of aliphatic hydroxyl groups excluding tert-OH is 1. The topological polar surface area (TPSA) is 46.2 Å². The van der Waals surface area contributed by atoms with Gasteiger partial charge in [-0.2, -0.15) is 0 Å². The molecule has 2 nitrogen and oxygen atoms in total. The summed E-state index contributed by atoms with van der Waals surface area (Å²) in [6.45, 7) is 7.08. The highest BCUT2D eigenvalue weighted by molar-refractivity contribution is 4.93. The molecule has 3 unspecified atom stereocenters. The van der Waals surface area contributed by atoms with Crippen molar-refractivity contribution in [2.45, 2.75) is 59.0 Å². The summed E-state index contributed by atoms with van der Waals surface area (Å²) in [5.74, 6) is 1.10. The summed E-state index contributed by atoms with van der Waals surface area (Å²) in [5.41, 5.74) is 5.94. The van der Waals surface area contributed by atoms with Gasteiger partial charge in [0.15, 0.2) is 0 Å². The highest BCUT2D eigenvalue weighted by Gasteiger charge is 2.41. The number of aliphatic hydroxyl groups is 1. The first-order chi connectivity index (χ1) is 7.05. The van der Waals surface area contributed by atoms with Gasteiger partial charge in [-0.25, -0.2) is 0 Å². The molecule has 1 aliphatic rings. The van der Waals surface area contributed by atoms with Crippen LogP contribution in [0, 0.1) is 17.3 Å². The van der Waals surface area contributed by atoms with E-state index in [0.717, 1.165) is 18.8 Å². The number of hydrogen-bond donors (Lipinski definition) is 2. The fraction of sp³-hybridized carbons (Fsp3) is 1.00. The molecule has 1 saturated carbocycles. The van der Waals surface area contributed by atoms with Crippen molar-refractivity contribution in [3.63, 3.8) is 0 Å². The molecule has 0 saturated heterocycles. The minimum atomic E-state index is -0.225. The van der Waals surface area contributed by atoms with Crippen LogP contribution in [0.25, 0.3) is 0 Å². The van der Waals surface area contributed by atoms with Crippen LogP contribution in [0.2, 0.25) is 0 Å². The van der Waals surface area contributed by atoms with Crippen LogP contribution in [0.5, 0.6) is 0 Å². The van der Waals surface area contributed by atoms with Crippen molar-refractivity contribution in [2.24, 2.45) is 23.0 Å². The molecule has 0 aromatic rings. The Balaban J connectivity index is 2.74. The van der Waals surface area contributed by atoms with Crippen LogP contribution in [-0.2, 0) is 0 Å². The Morgan fingerprint density at radius 1 is 1.47 bits per heavy atom. The smallest absolute Gasteiger partial charge is 0.0631 e. The standard InChI is InChI=1S/C13H27NO/c1-4-11-6-5-7-13(8-11,9-14)12(15)10(2)3/h10-12,15H,4-9,14H2,1-3H3. The lowest BCUT2D eigenvalue weighted by atomic mass is 9.64. The second-order valence-electron chi connectivity index (χ2n) is 5.63. The summed E-state index contributed by atoms with van der Waals surface area (Å²) in [6.07, 6.45) is 5.80. The average Bonchev–Trinajstić information content (AvgIpc) is 2.27. The Hall–Kier alpha value is -0.0800. The molecule has 0 heterocycles. The monoisotopic (exact) mass is 213 g/mol. The van der Waals surface area contributed by atoms with Gasteiger partial charge < -0.3 is 10.8 Å². The van der Waals surface area contributed by atoms with Crippen molar-refractivity contribution < 1.29 is 5.11 Å². The number of hydrogen-bond acceptors (Lipinski definition) is 2. The predicted molar refractivity (Wildman–Crippen MR) is 64.6 cm³/mol. The van der Waals surface area contributed by atoms with E-state index in [2.05, 4.69) is 20.8 Å². The third-order valence-corrected chi connectivity index (χ3v) is 4.23. The summed E-state index contributed by atoms with van der Waals surface area (Å²) in [4.78, 5) is 0. The maximum absolute atomic E-state index is 10.3. The van der Waals surface area contributed by atoms with Gasteiger partial charge in [-0.15, -0.1) is 0 Å². The zero-order chi connectivity index (χ0) is 11.5. The van der Waals surface area contributed by atoms with Crippen molar-refractivity contribution >= 4 is 0 Å². The Morgan fingerprint density at radius 3 is 2.60 bits per heavy atom. The molecule has 2 heteroatoms. The lowest BCUT2D eigenvalue weighted by Crippen LogP contribution is -2.47. The van der Waals surface area contributed by atoms with E-state index in [1.165, 1.54) is 19.3 Å². The van der Waals surface area contributed by atoms with Crippen molar-refractivity contribution in [2.75, 3.05) is 6.54 Å². The molecule has 15 heavy (non-hydrogen) atoms. The van der Waals surface area contributed by atoms with Gasteiger partial charge in [0.2, 0.25) is 0 Å². The van der Waals surface area contributed by atoms with E-state index in [9.17, 15) is 5.11 Å². The van der Waals surface area contributed by atoms with E-state index in [1.54, 1.807) is 0 Å². The molecule has 0 amide bonds. The molecule has 1 fully saturated rings. The number of rotatable bonds is 4. The SMILES string of the molecule is CCC1CCCC(CN)(C(O)C(C)C)C1. The predicted octanol–water partition coefficient (Wildman–Crippen LogP) is 2.55. The van der Waals surface area contributed by atoms with E-state index in [-0.39, 0.29) is 11.5 Å². The summed E-state index contributed by atoms with van der Waals surface area (Å²) in [7, 11) is 0. The van der Waals surface area contributed by atoms with Gasteiger partial charge in [-0.3, -0.25) is 0 Å². The van der Waals surface area contributed by atoms with Crippen LogP contribution in [0.1, 0.15) is 52.9 Å². The van der Waals surface area contributed by atoms with Crippen LogP contribution in [0.4, 0.5) is 0 Å². The summed E-state index contributed by atoms with van der Waals surface area (Å²) in [5, 5.41) is 10.3. The van der Waals surface area contributed by atoms with Gasteiger partial charge in [-0.1, -0.05) is 40.0 Å². The van der Waals surface area contributed by atoms with Crippen LogP contribution < -0.4 is 5.73 Å². The first-order valence-electron chi connectivity index (χ1n) is 6.44. The fourth-order valence-electron chi connectivity index (χ4n) is 3.15. The first-order valence-corrected chi connectivity index (χ1v) is 6.44. The van der Waals surface area contributed by atoms with Gasteiger partial charge in [0.1, 0.15) is 0 Å². The van der Waals surface area contributed by atoms with Crippen molar-refractivity contribution in [3.05, 3.63) is 0 Å². The quantitative estimate of drug-likeness (QED) is 0.754. The zero-order valence-corrected chi connectivity index (χ0v) is 10.5. The van der Waals surface area contributed by atoms with E-state index in [4.69, 9.17) is 5.73 Å². The molecule has 1 aliphatic carbocycles. The van der Waals surface area contributed by atoms with E-state index in [0.29, 0.717) is 12.5 Å². The largest absolute Gasteiger partial charge is 0.392 e. The minimum absolute atomic E-state index is 0.00704. The van der Waals surface area contributed by atoms with Gasteiger partial charge >= 0.3 is 0 Å². The summed E-state index contributed by atoms with van der Waals surface area (Å²) < 4.78 is 0. The molecule has 1 rings (SSSR count). The number of nitrogens with two attached hydrogens (primary N) is 1. The first kappa shape index (κ1) is 13.0. The third kappa shape index (κ3) is 2.73. The molecule has 0 radical (unpaired) electrons. The molecule has 0 aliphatic heterocycles. The molecule has 0 spiro atoms. The van der Waals surface area contributed by atoms with Crippen LogP contribution in [0.15, 0.2) is 0 Å². The van der Waals surface area contributed by atoms with Crippen molar-refractivity contribution in [1.82, 2.24) is 0 Å². The van der Waals surface area contributed by atoms with Crippen LogP contribution >= 0.6 is 0 Å². The van der Waals surface area contributed by atoms with Crippen LogP contribution in [0.3, 0.4) is 0 Å². The van der Waals surface area contributed by atoms with Crippen LogP contribution in [-0.4, -0.2) is 17.8 Å². The Labute approximate surface area is 94.2 Å². The molecule has 3 N–H and O–H groups in total. The Bertz CT molecular complexity index is 193. The van der Waals surface area contributed by atoms with Crippen molar-refractivity contribution in [1.29, 1.82) is 0 Å². The van der Waals surface area contributed by atoms with E-state index >= 15 is 0 Å². The molecular formula is C13H27NO. The molecular weight excluding hydrogens is 186 g/mol. The Morgan fingerprint density at radius 2 is 2.13 bits per heavy atom. The van der Waals surface area contributed by atoms with Crippen molar-refractivity contribution in [3.8, 4) is 0 Å². The second-order valence-corrected chi connectivity index (χ2v) is 5.63.